The molecule has 0 aromatic heterocycles. The number of hydrogen-bond acceptors (Lipinski definition) is 0. The lowest BCUT2D eigenvalue weighted by molar-refractivity contribution is 1.51. The smallest absolute Gasteiger partial charge is 0.0468 e. The van der Waals surface area contributed by atoms with Crippen molar-refractivity contribution in [1.29, 1.82) is 0 Å². The summed E-state index contributed by atoms with van der Waals surface area (Å²) in [5, 5.41) is 0. The van der Waals surface area contributed by atoms with Gasteiger partial charge in [-0.05, 0) is 11.1 Å². The van der Waals surface area contributed by atoms with E-state index in [4.69, 9.17) is 23.2 Å². The fourth-order valence-corrected chi connectivity index (χ4v) is 0.503. The number of halogens is 2. The second-order valence-electron chi connectivity index (χ2n) is 1.92. The van der Waals surface area contributed by atoms with Crippen LogP contribution in [-0.4, -0.2) is 11.8 Å². The summed E-state index contributed by atoms with van der Waals surface area (Å²) in [5.74, 6) is 0.901. The van der Waals surface area contributed by atoms with Gasteiger partial charge in [0.05, 0.1) is 0 Å². The quantitative estimate of drug-likeness (QED) is 0.457. The minimum atomic E-state index is 0.450. The van der Waals surface area contributed by atoms with Gasteiger partial charge >= 0.3 is 0 Å². The highest BCUT2D eigenvalue weighted by molar-refractivity contribution is 6.20. The Morgan fingerprint density at radius 1 is 1.00 bits per heavy atom. The van der Waals surface area contributed by atoms with E-state index in [2.05, 4.69) is 13.2 Å². The Labute approximate surface area is 71.8 Å². The van der Waals surface area contributed by atoms with Crippen LogP contribution in [0.1, 0.15) is 0 Å². The van der Waals surface area contributed by atoms with Gasteiger partial charge in [0, 0.05) is 11.8 Å². The minimum absolute atomic E-state index is 0.450. The van der Waals surface area contributed by atoms with E-state index in [-0.39, 0.29) is 0 Å². The maximum absolute atomic E-state index is 5.47. The molecule has 56 valence electrons. The van der Waals surface area contributed by atoms with E-state index in [0.29, 0.717) is 11.8 Å². The van der Waals surface area contributed by atoms with Crippen molar-refractivity contribution in [2.24, 2.45) is 0 Å². The fourth-order valence-electron chi connectivity index (χ4n) is 0.325. The number of rotatable bonds is 4. The molecule has 0 heterocycles. The topological polar surface area (TPSA) is 0 Å². The van der Waals surface area contributed by atoms with E-state index in [1.54, 1.807) is 0 Å². The Morgan fingerprint density at radius 3 is 1.50 bits per heavy atom. The monoisotopic (exact) mass is 176 g/mol. The molecule has 0 bridgehead atoms. The third-order valence-electron chi connectivity index (χ3n) is 0.898. The molecule has 0 unspecified atom stereocenters. The molecule has 0 aliphatic heterocycles. The van der Waals surface area contributed by atoms with Crippen LogP contribution in [0.5, 0.6) is 0 Å². The van der Waals surface area contributed by atoms with Gasteiger partial charge in [0.25, 0.3) is 0 Å². The van der Waals surface area contributed by atoms with Crippen molar-refractivity contribution < 1.29 is 0 Å². The first-order valence-corrected chi connectivity index (χ1v) is 3.93. The van der Waals surface area contributed by atoms with Crippen LogP contribution < -0.4 is 0 Å². The average molecular weight is 177 g/mol. The summed E-state index contributed by atoms with van der Waals surface area (Å²) >= 11 is 10.9. The molecule has 0 aliphatic carbocycles. The molecule has 0 saturated carbocycles. The van der Waals surface area contributed by atoms with Crippen molar-refractivity contribution >= 4 is 23.2 Å². The van der Waals surface area contributed by atoms with Gasteiger partial charge in [0.15, 0.2) is 0 Å². The summed E-state index contributed by atoms with van der Waals surface area (Å²) in [7, 11) is 0. The third kappa shape index (κ3) is 4.66. The van der Waals surface area contributed by atoms with Crippen molar-refractivity contribution in [3.63, 3.8) is 0 Å². The predicted octanol–water partition coefficient (Wildman–Crippen LogP) is 3.13. The van der Waals surface area contributed by atoms with Crippen LogP contribution in [0.2, 0.25) is 0 Å². The van der Waals surface area contributed by atoms with Crippen LogP contribution in [0.4, 0.5) is 0 Å². The maximum Gasteiger partial charge on any atom is 0.0468 e. The van der Waals surface area contributed by atoms with E-state index in [1.165, 1.54) is 0 Å². The van der Waals surface area contributed by atoms with Gasteiger partial charge < -0.3 is 0 Å². The van der Waals surface area contributed by atoms with Crippen LogP contribution in [0.3, 0.4) is 0 Å². The van der Waals surface area contributed by atoms with Crippen LogP contribution in [0.25, 0.3) is 0 Å². The Hall–Kier alpha value is -0.200. The molecule has 0 rings (SSSR count). The number of allylic oxidation sites excluding steroid dienone is 4. The molecule has 0 spiro atoms. The Morgan fingerprint density at radius 2 is 1.30 bits per heavy atom. The van der Waals surface area contributed by atoms with E-state index >= 15 is 0 Å². The molecular formula is C8H10Cl2. The van der Waals surface area contributed by atoms with E-state index in [1.807, 2.05) is 12.2 Å². The van der Waals surface area contributed by atoms with Gasteiger partial charge in [0.1, 0.15) is 0 Å². The molecule has 2 heteroatoms. The first kappa shape index (κ1) is 9.80. The summed E-state index contributed by atoms with van der Waals surface area (Å²) in [4.78, 5) is 0. The highest BCUT2D eigenvalue weighted by Gasteiger charge is 1.84. The lowest BCUT2D eigenvalue weighted by atomic mass is 10.2. The molecule has 0 saturated heterocycles. The van der Waals surface area contributed by atoms with Gasteiger partial charge in [-0.1, -0.05) is 25.3 Å². The van der Waals surface area contributed by atoms with Gasteiger partial charge in [-0.3, -0.25) is 0 Å². The molecule has 0 N–H and O–H groups in total. The average Bonchev–Trinajstić information content (AvgIpc) is 1.99. The fraction of sp³-hybridized carbons (Fsp3) is 0.250. The van der Waals surface area contributed by atoms with E-state index in [9.17, 15) is 0 Å². The Balaban J connectivity index is 3.75. The molecule has 0 aromatic rings. The van der Waals surface area contributed by atoms with Crippen molar-refractivity contribution in [3.8, 4) is 0 Å². The molecule has 0 aromatic carbocycles. The molecule has 0 fully saturated rings. The van der Waals surface area contributed by atoms with E-state index in [0.717, 1.165) is 11.1 Å². The number of alkyl halides is 2. The Bertz CT molecular complexity index is 139. The first-order valence-electron chi connectivity index (χ1n) is 2.86. The molecule has 0 radical (unpaired) electrons. The SMILES string of the molecule is C=C(/C=C/C(=C)CCl)CCl. The number of hydrogen-bond donors (Lipinski definition) is 0. The van der Waals surface area contributed by atoms with Crippen molar-refractivity contribution in [2.75, 3.05) is 11.8 Å². The first-order chi connectivity index (χ1) is 4.70. The largest absolute Gasteiger partial charge is 0.122 e. The second-order valence-corrected chi connectivity index (χ2v) is 2.45. The maximum atomic E-state index is 5.47. The van der Waals surface area contributed by atoms with Gasteiger partial charge in [-0.15, -0.1) is 23.2 Å². The van der Waals surface area contributed by atoms with Crippen LogP contribution >= 0.6 is 23.2 Å². The summed E-state index contributed by atoms with van der Waals surface area (Å²) in [6, 6.07) is 0. The third-order valence-corrected chi connectivity index (χ3v) is 1.58. The lowest BCUT2D eigenvalue weighted by Crippen LogP contribution is -1.78. The van der Waals surface area contributed by atoms with Gasteiger partial charge in [0.2, 0.25) is 0 Å². The minimum Gasteiger partial charge on any atom is -0.122 e. The molecule has 10 heavy (non-hydrogen) atoms. The summed E-state index contributed by atoms with van der Waals surface area (Å²) in [5.41, 5.74) is 1.74. The second kappa shape index (κ2) is 5.57. The van der Waals surface area contributed by atoms with Crippen LogP contribution in [0, 0.1) is 0 Å². The highest BCUT2D eigenvalue weighted by atomic mass is 35.5. The molecule has 0 atom stereocenters. The lowest BCUT2D eigenvalue weighted by Gasteiger charge is -1.91. The molecule has 0 nitrogen and oxygen atoms in total. The van der Waals surface area contributed by atoms with Crippen molar-refractivity contribution in [1.82, 2.24) is 0 Å². The molecule has 0 amide bonds. The summed E-state index contributed by atoms with van der Waals surface area (Å²) in [6.45, 7) is 7.35. The van der Waals surface area contributed by atoms with Gasteiger partial charge in [-0.25, -0.2) is 0 Å². The van der Waals surface area contributed by atoms with Crippen molar-refractivity contribution in [3.05, 3.63) is 36.5 Å². The highest BCUT2D eigenvalue weighted by Crippen LogP contribution is 2.01. The van der Waals surface area contributed by atoms with Crippen LogP contribution in [-0.2, 0) is 0 Å². The zero-order chi connectivity index (χ0) is 7.98. The zero-order valence-electron chi connectivity index (χ0n) is 5.74. The zero-order valence-corrected chi connectivity index (χ0v) is 7.25. The van der Waals surface area contributed by atoms with Crippen LogP contribution in [0.15, 0.2) is 36.5 Å². The predicted molar refractivity (Wildman–Crippen MR) is 48.9 cm³/mol. The van der Waals surface area contributed by atoms with Gasteiger partial charge in [-0.2, -0.15) is 0 Å². The molecular weight excluding hydrogens is 167 g/mol. The normalized spacial score (nSPS) is 10.2. The summed E-state index contributed by atoms with van der Waals surface area (Å²) in [6.07, 6.45) is 3.63. The Kier molecular flexibility index (Phi) is 5.46. The van der Waals surface area contributed by atoms with E-state index < -0.39 is 0 Å². The molecule has 0 aliphatic rings. The standard InChI is InChI=1S/C8H10Cl2/c1-7(5-9)3-4-8(2)6-10/h3-4H,1-2,5-6H2/b4-3+. The van der Waals surface area contributed by atoms with Crippen molar-refractivity contribution in [2.45, 2.75) is 0 Å². The summed E-state index contributed by atoms with van der Waals surface area (Å²) < 4.78 is 0.